The molecule has 21 heavy (non-hydrogen) atoms. The molecule has 1 aromatic carbocycles. The van der Waals surface area contributed by atoms with E-state index in [2.05, 4.69) is 10.6 Å². The van der Waals surface area contributed by atoms with E-state index in [1.165, 1.54) is 0 Å². The molecule has 4 N–H and O–H groups in total. The van der Waals surface area contributed by atoms with Gasteiger partial charge in [-0.3, -0.25) is 9.59 Å². The third-order valence-electron chi connectivity index (χ3n) is 3.57. The lowest BCUT2D eigenvalue weighted by Gasteiger charge is -2.11. The summed E-state index contributed by atoms with van der Waals surface area (Å²) in [6.07, 6.45) is 3.57. The molecule has 0 heterocycles. The second kappa shape index (κ2) is 7.22. The summed E-state index contributed by atoms with van der Waals surface area (Å²) in [6, 6.07) is 7.07. The van der Waals surface area contributed by atoms with Gasteiger partial charge in [-0.25, -0.2) is 0 Å². The van der Waals surface area contributed by atoms with E-state index in [1.54, 1.807) is 0 Å². The van der Waals surface area contributed by atoms with Crippen molar-refractivity contribution >= 4 is 17.5 Å². The summed E-state index contributed by atoms with van der Waals surface area (Å²) >= 11 is 0. The van der Waals surface area contributed by atoms with E-state index < -0.39 is 6.04 Å². The minimum Gasteiger partial charge on any atom is -0.351 e. The molecule has 114 valence electrons. The van der Waals surface area contributed by atoms with Gasteiger partial charge in [0.15, 0.2) is 0 Å². The van der Waals surface area contributed by atoms with E-state index in [-0.39, 0.29) is 17.7 Å². The molecule has 1 aliphatic rings. The molecule has 0 bridgehead atoms. The topological polar surface area (TPSA) is 84.2 Å². The van der Waals surface area contributed by atoms with Crippen LogP contribution in [0, 0.1) is 5.92 Å². The molecule has 5 nitrogen and oxygen atoms in total. The van der Waals surface area contributed by atoms with Crippen molar-refractivity contribution in [3.05, 3.63) is 29.8 Å². The molecule has 0 aromatic heterocycles. The van der Waals surface area contributed by atoms with Crippen molar-refractivity contribution in [1.82, 2.24) is 5.32 Å². The second-order valence-electron chi connectivity index (χ2n) is 5.57. The number of benzene rings is 1. The number of anilines is 1. The Kier molecular flexibility index (Phi) is 5.33. The van der Waals surface area contributed by atoms with Crippen LogP contribution in [-0.4, -0.2) is 17.9 Å². The van der Waals surface area contributed by atoms with Gasteiger partial charge in [0.25, 0.3) is 0 Å². The van der Waals surface area contributed by atoms with Crippen LogP contribution in [0.25, 0.3) is 0 Å². The minimum absolute atomic E-state index is 0.0987. The van der Waals surface area contributed by atoms with Crippen LogP contribution in [0.4, 0.5) is 5.69 Å². The molecule has 0 unspecified atom stereocenters. The van der Waals surface area contributed by atoms with Crippen molar-refractivity contribution in [3.63, 3.8) is 0 Å². The fourth-order valence-electron chi connectivity index (χ4n) is 2.06. The fourth-order valence-corrected chi connectivity index (χ4v) is 2.06. The summed E-state index contributed by atoms with van der Waals surface area (Å²) in [5, 5.41) is 5.71. The van der Waals surface area contributed by atoms with Crippen molar-refractivity contribution in [2.75, 3.05) is 5.32 Å². The van der Waals surface area contributed by atoms with Gasteiger partial charge in [0, 0.05) is 18.2 Å². The monoisotopic (exact) mass is 289 g/mol. The van der Waals surface area contributed by atoms with E-state index in [9.17, 15) is 9.59 Å². The molecule has 1 aromatic rings. The van der Waals surface area contributed by atoms with E-state index in [0.29, 0.717) is 13.0 Å². The zero-order valence-corrected chi connectivity index (χ0v) is 12.4. The summed E-state index contributed by atoms with van der Waals surface area (Å²) in [6.45, 7) is 2.45. The Morgan fingerprint density at radius 3 is 2.52 bits per heavy atom. The quantitative estimate of drug-likeness (QED) is 0.715. The molecule has 0 radical (unpaired) electrons. The lowest BCUT2D eigenvalue weighted by atomic mass is 10.1. The second-order valence-corrected chi connectivity index (χ2v) is 5.57. The summed E-state index contributed by atoms with van der Waals surface area (Å²) in [5.74, 6) is 0.175. The number of carbonyl (C=O) groups is 2. The summed E-state index contributed by atoms with van der Waals surface area (Å²) in [4.78, 5) is 23.3. The van der Waals surface area contributed by atoms with Crippen molar-refractivity contribution in [1.29, 1.82) is 0 Å². The maximum Gasteiger partial charge on any atom is 0.237 e. The molecule has 0 spiro atoms. The van der Waals surface area contributed by atoms with E-state index in [1.807, 2.05) is 31.2 Å². The van der Waals surface area contributed by atoms with Crippen LogP contribution in [0.1, 0.15) is 38.2 Å². The summed E-state index contributed by atoms with van der Waals surface area (Å²) < 4.78 is 0. The van der Waals surface area contributed by atoms with Gasteiger partial charge in [-0.05, 0) is 37.0 Å². The zero-order chi connectivity index (χ0) is 15.2. The van der Waals surface area contributed by atoms with E-state index >= 15 is 0 Å². The van der Waals surface area contributed by atoms with Crippen molar-refractivity contribution < 1.29 is 9.59 Å². The van der Waals surface area contributed by atoms with Crippen LogP contribution in [0.5, 0.6) is 0 Å². The number of nitrogens with one attached hydrogen (secondary N) is 2. The molecule has 5 heteroatoms. The van der Waals surface area contributed by atoms with Gasteiger partial charge in [0.1, 0.15) is 0 Å². The van der Waals surface area contributed by atoms with E-state index in [0.717, 1.165) is 30.5 Å². The molecular weight excluding hydrogens is 266 g/mol. The fraction of sp³-hybridized carbons (Fsp3) is 0.500. The van der Waals surface area contributed by atoms with Crippen LogP contribution in [-0.2, 0) is 16.1 Å². The molecule has 1 saturated carbocycles. The van der Waals surface area contributed by atoms with Crippen molar-refractivity contribution in [3.8, 4) is 0 Å². The molecular formula is C16H23N3O2. The van der Waals surface area contributed by atoms with Gasteiger partial charge in [0.2, 0.25) is 11.8 Å². The Hall–Kier alpha value is -1.88. The van der Waals surface area contributed by atoms with Crippen LogP contribution in [0.15, 0.2) is 24.3 Å². The maximum atomic E-state index is 11.7. The Bertz CT molecular complexity index is 495. The first-order valence-electron chi connectivity index (χ1n) is 7.53. The Balaban J connectivity index is 1.79. The first kappa shape index (κ1) is 15.5. The zero-order valence-electron chi connectivity index (χ0n) is 12.4. The SMILES string of the molecule is CCC[C@H](N)C(=O)NCc1ccc(NC(=O)C2CC2)cc1. The highest BCUT2D eigenvalue weighted by Gasteiger charge is 2.29. The predicted molar refractivity (Wildman–Crippen MR) is 82.5 cm³/mol. The Morgan fingerprint density at radius 2 is 1.95 bits per heavy atom. The van der Waals surface area contributed by atoms with Crippen molar-refractivity contribution in [2.24, 2.45) is 11.7 Å². The third-order valence-corrected chi connectivity index (χ3v) is 3.57. The molecule has 0 aliphatic heterocycles. The van der Waals surface area contributed by atoms with Gasteiger partial charge >= 0.3 is 0 Å². The number of rotatable bonds is 7. The Morgan fingerprint density at radius 1 is 1.29 bits per heavy atom. The van der Waals surface area contributed by atoms with Crippen molar-refractivity contribution in [2.45, 2.75) is 45.2 Å². The van der Waals surface area contributed by atoms with Gasteiger partial charge in [-0.2, -0.15) is 0 Å². The van der Waals surface area contributed by atoms with Gasteiger partial charge in [-0.15, -0.1) is 0 Å². The lowest BCUT2D eigenvalue weighted by Crippen LogP contribution is -2.40. The van der Waals surface area contributed by atoms with Crippen LogP contribution >= 0.6 is 0 Å². The number of nitrogens with two attached hydrogens (primary N) is 1. The number of carbonyl (C=O) groups excluding carboxylic acids is 2. The average molecular weight is 289 g/mol. The van der Waals surface area contributed by atoms with Crippen LogP contribution < -0.4 is 16.4 Å². The molecule has 1 fully saturated rings. The van der Waals surface area contributed by atoms with Gasteiger partial charge in [0.05, 0.1) is 6.04 Å². The normalized spacial score (nSPS) is 15.3. The van der Waals surface area contributed by atoms with Crippen LogP contribution in [0.2, 0.25) is 0 Å². The average Bonchev–Trinajstić information content (AvgIpc) is 3.31. The molecule has 2 rings (SSSR count). The van der Waals surface area contributed by atoms with Crippen LogP contribution in [0.3, 0.4) is 0 Å². The standard InChI is InChI=1S/C16H23N3O2/c1-2-3-14(17)16(21)18-10-11-4-8-13(9-5-11)19-15(20)12-6-7-12/h4-5,8-9,12,14H,2-3,6-7,10,17H2,1H3,(H,18,21)(H,19,20)/t14-/m0/s1. The lowest BCUT2D eigenvalue weighted by molar-refractivity contribution is -0.122. The Labute approximate surface area is 125 Å². The molecule has 1 aliphatic carbocycles. The molecule has 2 amide bonds. The first-order valence-corrected chi connectivity index (χ1v) is 7.53. The highest BCUT2D eigenvalue weighted by molar-refractivity contribution is 5.94. The minimum atomic E-state index is -0.438. The van der Waals surface area contributed by atoms with E-state index in [4.69, 9.17) is 5.73 Å². The largest absolute Gasteiger partial charge is 0.351 e. The predicted octanol–water partition coefficient (Wildman–Crippen LogP) is 1.78. The first-order chi connectivity index (χ1) is 10.1. The summed E-state index contributed by atoms with van der Waals surface area (Å²) in [5.41, 5.74) is 7.52. The number of amides is 2. The molecule has 1 atom stereocenters. The van der Waals surface area contributed by atoms with Gasteiger partial charge < -0.3 is 16.4 Å². The maximum absolute atomic E-state index is 11.7. The summed E-state index contributed by atoms with van der Waals surface area (Å²) in [7, 11) is 0. The highest BCUT2D eigenvalue weighted by atomic mass is 16.2. The third kappa shape index (κ3) is 4.86. The molecule has 0 saturated heterocycles. The number of hydrogen-bond donors (Lipinski definition) is 3. The number of hydrogen-bond acceptors (Lipinski definition) is 3. The van der Waals surface area contributed by atoms with Gasteiger partial charge in [-0.1, -0.05) is 25.5 Å². The smallest absolute Gasteiger partial charge is 0.237 e. The highest BCUT2D eigenvalue weighted by Crippen LogP contribution is 2.30.